The number of hydrogen-bond donors (Lipinski definition) is 2. The number of hydrogen-bond acceptors (Lipinski definition) is 3. The van der Waals surface area contributed by atoms with Crippen LogP contribution in [0.1, 0.15) is 39.2 Å². The zero-order valence-electron chi connectivity index (χ0n) is 15.9. The number of aryl methyl sites for hydroxylation is 1. The molecular weight excluding hydrogens is 314 g/mol. The zero-order valence-corrected chi connectivity index (χ0v) is 15.9. The molecule has 0 bridgehead atoms. The first-order valence-corrected chi connectivity index (χ1v) is 9.36. The zero-order chi connectivity index (χ0) is 18.3. The molecule has 0 aromatic heterocycles. The minimum absolute atomic E-state index is 0.0566. The normalized spacial score (nSPS) is 16.0. The molecule has 0 saturated carbocycles. The fourth-order valence-electron chi connectivity index (χ4n) is 2.93. The summed E-state index contributed by atoms with van der Waals surface area (Å²) in [6, 6.07) is 7.31. The molecule has 1 aliphatic heterocycles. The second-order valence-electron chi connectivity index (χ2n) is 8.14. The number of rotatable bonds is 6. The third-order valence-corrected chi connectivity index (χ3v) is 4.69. The molecule has 1 aliphatic rings. The molecule has 0 aliphatic carbocycles. The van der Waals surface area contributed by atoms with Crippen molar-refractivity contribution in [3.8, 4) is 5.75 Å². The molecule has 2 N–H and O–H groups in total. The van der Waals surface area contributed by atoms with E-state index in [1.807, 2.05) is 17.0 Å². The number of benzene rings is 1. The first kappa shape index (κ1) is 19.6. The van der Waals surface area contributed by atoms with Crippen LogP contribution in [0.3, 0.4) is 0 Å². The molecule has 5 heteroatoms. The number of carbonyl (C=O) groups is 1. The van der Waals surface area contributed by atoms with Crippen LogP contribution in [0.4, 0.5) is 4.79 Å². The lowest BCUT2D eigenvalue weighted by Gasteiger charge is -2.35. The summed E-state index contributed by atoms with van der Waals surface area (Å²) in [5, 5.41) is 12.3. The summed E-state index contributed by atoms with van der Waals surface area (Å²) in [5.41, 5.74) is 1.55. The average Bonchev–Trinajstić information content (AvgIpc) is 2.58. The van der Waals surface area contributed by atoms with Gasteiger partial charge in [-0.3, -0.25) is 4.90 Å². The number of nitrogens with zero attached hydrogens (tertiary/aromatic N) is 2. The molecular formula is C20H33N3O2. The van der Waals surface area contributed by atoms with Crippen molar-refractivity contribution < 1.29 is 9.90 Å². The molecule has 1 fully saturated rings. The molecule has 1 heterocycles. The third-order valence-electron chi connectivity index (χ3n) is 4.69. The molecule has 0 radical (unpaired) electrons. The molecule has 140 valence electrons. The van der Waals surface area contributed by atoms with Crippen LogP contribution >= 0.6 is 0 Å². The minimum atomic E-state index is 0.0566. The summed E-state index contributed by atoms with van der Waals surface area (Å²) in [5.74, 6) is 0.290. The van der Waals surface area contributed by atoms with Crippen molar-refractivity contribution in [3.05, 3.63) is 29.8 Å². The number of phenolic OH excluding ortho intramolecular Hbond substituents is 1. The van der Waals surface area contributed by atoms with E-state index in [4.69, 9.17) is 0 Å². The van der Waals surface area contributed by atoms with Crippen LogP contribution in [-0.4, -0.2) is 60.2 Å². The number of aromatic hydroxyl groups is 1. The number of amides is 2. The number of phenols is 1. The van der Waals surface area contributed by atoms with Crippen molar-refractivity contribution in [3.63, 3.8) is 0 Å². The lowest BCUT2D eigenvalue weighted by atomic mass is 9.92. The van der Waals surface area contributed by atoms with Gasteiger partial charge in [0.25, 0.3) is 0 Å². The summed E-state index contributed by atoms with van der Waals surface area (Å²) in [6.07, 6.45) is 3.00. The fourth-order valence-corrected chi connectivity index (χ4v) is 2.93. The van der Waals surface area contributed by atoms with Crippen molar-refractivity contribution in [2.45, 2.75) is 40.0 Å². The van der Waals surface area contributed by atoms with Crippen molar-refractivity contribution in [2.24, 2.45) is 5.41 Å². The maximum Gasteiger partial charge on any atom is 0.317 e. The highest BCUT2D eigenvalue weighted by molar-refractivity contribution is 5.74. The second kappa shape index (κ2) is 9.09. The Bertz CT molecular complexity index is 529. The van der Waals surface area contributed by atoms with Crippen LogP contribution in [0.25, 0.3) is 0 Å². The smallest absolute Gasteiger partial charge is 0.317 e. The Morgan fingerprint density at radius 3 is 2.36 bits per heavy atom. The van der Waals surface area contributed by atoms with E-state index in [1.165, 1.54) is 12.0 Å². The van der Waals surface area contributed by atoms with Gasteiger partial charge in [-0.2, -0.15) is 0 Å². The first-order chi connectivity index (χ1) is 11.8. The van der Waals surface area contributed by atoms with E-state index in [0.29, 0.717) is 17.7 Å². The van der Waals surface area contributed by atoms with E-state index < -0.39 is 0 Å². The Balaban J connectivity index is 1.60. The number of nitrogens with one attached hydrogen (secondary N) is 1. The van der Waals surface area contributed by atoms with Crippen molar-refractivity contribution in [2.75, 3.05) is 39.3 Å². The van der Waals surface area contributed by atoms with Gasteiger partial charge in [0.2, 0.25) is 0 Å². The van der Waals surface area contributed by atoms with E-state index in [0.717, 1.165) is 45.6 Å². The van der Waals surface area contributed by atoms with Gasteiger partial charge in [-0.15, -0.1) is 0 Å². The van der Waals surface area contributed by atoms with Gasteiger partial charge in [0, 0.05) is 32.7 Å². The summed E-state index contributed by atoms with van der Waals surface area (Å²) in [7, 11) is 0. The second-order valence-corrected chi connectivity index (χ2v) is 8.14. The lowest BCUT2D eigenvalue weighted by Crippen LogP contribution is -2.52. The number of urea groups is 1. The number of piperazine rings is 1. The quantitative estimate of drug-likeness (QED) is 0.778. The number of carbonyl (C=O) groups excluding carboxylic acids is 1. The fraction of sp³-hybridized carbons (Fsp3) is 0.650. The largest absolute Gasteiger partial charge is 0.508 e. The van der Waals surface area contributed by atoms with Gasteiger partial charge < -0.3 is 15.3 Å². The maximum absolute atomic E-state index is 12.2. The van der Waals surface area contributed by atoms with Crippen LogP contribution in [0.5, 0.6) is 5.75 Å². The van der Waals surface area contributed by atoms with Gasteiger partial charge in [0.1, 0.15) is 5.75 Å². The summed E-state index contributed by atoms with van der Waals surface area (Å²) >= 11 is 0. The van der Waals surface area contributed by atoms with E-state index in [9.17, 15) is 9.90 Å². The van der Waals surface area contributed by atoms with Gasteiger partial charge in [-0.1, -0.05) is 32.9 Å². The van der Waals surface area contributed by atoms with Gasteiger partial charge in [0.05, 0.1) is 0 Å². The van der Waals surface area contributed by atoms with Crippen molar-refractivity contribution in [1.29, 1.82) is 0 Å². The summed E-state index contributed by atoms with van der Waals surface area (Å²) in [4.78, 5) is 16.6. The van der Waals surface area contributed by atoms with E-state index in [-0.39, 0.29) is 6.03 Å². The molecule has 2 amide bonds. The van der Waals surface area contributed by atoms with Crippen LogP contribution in [0.2, 0.25) is 0 Å². The minimum Gasteiger partial charge on any atom is -0.508 e. The van der Waals surface area contributed by atoms with Crippen molar-refractivity contribution in [1.82, 2.24) is 15.1 Å². The van der Waals surface area contributed by atoms with E-state index in [2.05, 4.69) is 31.0 Å². The SMILES string of the molecule is CC(C)(C)CCN1CCN(C(=O)NCCCc2ccc(O)cc2)CC1. The summed E-state index contributed by atoms with van der Waals surface area (Å²) in [6.45, 7) is 12.2. The van der Waals surface area contributed by atoms with Crippen LogP contribution < -0.4 is 5.32 Å². The Morgan fingerprint density at radius 2 is 1.76 bits per heavy atom. The van der Waals surface area contributed by atoms with Gasteiger partial charge in [-0.25, -0.2) is 4.79 Å². The van der Waals surface area contributed by atoms with Gasteiger partial charge in [0.15, 0.2) is 0 Å². The monoisotopic (exact) mass is 347 g/mol. The predicted molar refractivity (Wildman–Crippen MR) is 102 cm³/mol. The van der Waals surface area contributed by atoms with Crippen molar-refractivity contribution >= 4 is 6.03 Å². The molecule has 5 nitrogen and oxygen atoms in total. The summed E-state index contributed by atoms with van der Waals surface area (Å²) < 4.78 is 0. The standard InChI is InChI=1S/C20H33N3O2/c1-20(2,3)10-12-22-13-15-23(16-14-22)19(25)21-11-4-5-17-6-8-18(24)9-7-17/h6-9,24H,4-5,10-16H2,1-3H3,(H,21,25). The van der Waals surface area contributed by atoms with Gasteiger partial charge in [-0.05, 0) is 48.9 Å². The van der Waals surface area contributed by atoms with Crippen LogP contribution in [0, 0.1) is 5.41 Å². The topological polar surface area (TPSA) is 55.8 Å². The Labute approximate surface area is 152 Å². The van der Waals surface area contributed by atoms with E-state index in [1.54, 1.807) is 12.1 Å². The highest BCUT2D eigenvalue weighted by atomic mass is 16.3. The molecule has 0 unspecified atom stereocenters. The molecule has 25 heavy (non-hydrogen) atoms. The average molecular weight is 348 g/mol. The van der Waals surface area contributed by atoms with Crippen LogP contribution in [0.15, 0.2) is 24.3 Å². The Morgan fingerprint density at radius 1 is 1.12 bits per heavy atom. The Kier molecular flexibility index (Phi) is 7.12. The third kappa shape index (κ3) is 7.34. The predicted octanol–water partition coefficient (Wildman–Crippen LogP) is 3.09. The van der Waals surface area contributed by atoms with Crippen LogP contribution in [-0.2, 0) is 6.42 Å². The highest BCUT2D eigenvalue weighted by Gasteiger charge is 2.21. The lowest BCUT2D eigenvalue weighted by molar-refractivity contribution is 0.130. The molecule has 1 saturated heterocycles. The molecule has 1 aromatic carbocycles. The molecule has 0 spiro atoms. The van der Waals surface area contributed by atoms with E-state index >= 15 is 0 Å². The highest BCUT2D eigenvalue weighted by Crippen LogP contribution is 2.19. The molecule has 2 rings (SSSR count). The molecule has 0 atom stereocenters. The Hall–Kier alpha value is -1.75. The molecule has 1 aromatic rings. The van der Waals surface area contributed by atoms with Gasteiger partial charge >= 0.3 is 6.03 Å². The maximum atomic E-state index is 12.2. The first-order valence-electron chi connectivity index (χ1n) is 9.36.